The van der Waals surface area contributed by atoms with Crippen LogP contribution in [0.2, 0.25) is 0 Å². The van der Waals surface area contributed by atoms with E-state index in [1.54, 1.807) is 0 Å². The van der Waals surface area contributed by atoms with E-state index in [1.807, 2.05) is 37.3 Å². The van der Waals surface area contributed by atoms with E-state index in [0.717, 1.165) is 22.2 Å². The van der Waals surface area contributed by atoms with E-state index in [1.165, 1.54) is 3.57 Å². The Balaban J connectivity index is 2.18. The van der Waals surface area contributed by atoms with Crippen LogP contribution in [0.5, 0.6) is 0 Å². The van der Waals surface area contributed by atoms with Gasteiger partial charge in [-0.2, -0.15) is 0 Å². The molecule has 3 aromatic rings. The van der Waals surface area contributed by atoms with Crippen LogP contribution in [0.1, 0.15) is 5.56 Å². The number of aromatic nitrogens is 1. The third-order valence-electron chi connectivity index (χ3n) is 2.70. The highest BCUT2D eigenvalue weighted by Crippen LogP contribution is 2.26. The summed E-state index contributed by atoms with van der Waals surface area (Å²) in [6, 6.07) is 14.2. The van der Waals surface area contributed by atoms with Gasteiger partial charge in [-0.1, -0.05) is 12.1 Å². The number of aryl methyl sites for hydroxylation is 1. The number of nitrogens with zero attached hydrogens (tertiary/aromatic N) is 1. The predicted molar refractivity (Wildman–Crippen MR) is 76.9 cm³/mol. The van der Waals surface area contributed by atoms with Gasteiger partial charge in [-0.25, -0.2) is 4.98 Å². The van der Waals surface area contributed by atoms with Gasteiger partial charge in [0.2, 0.25) is 5.89 Å². The van der Waals surface area contributed by atoms with Crippen molar-refractivity contribution in [2.75, 3.05) is 0 Å². The van der Waals surface area contributed by atoms with Crippen molar-refractivity contribution in [1.82, 2.24) is 4.98 Å². The van der Waals surface area contributed by atoms with Gasteiger partial charge in [0.15, 0.2) is 5.58 Å². The molecule has 2 nitrogen and oxygen atoms in total. The van der Waals surface area contributed by atoms with Gasteiger partial charge in [0.25, 0.3) is 0 Å². The summed E-state index contributed by atoms with van der Waals surface area (Å²) < 4.78 is 7.02. The van der Waals surface area contributed by atoms with E-state index in [4.69, 9.17) is 4.42 Å². The molecule has 1 aromatic heterocycles. The van der Waals surface area contributed by atoms with Crippen LogP contribution < -0.4 is 0 Å². The van der Waals surface area contributed by atoms with Crippen molar-refractivity contribution >= 4 is 33.7 Å². The van der Waals surface area contributed by atoms with E-state index < -0.39 is 0 Å². The van der Waals surface area contributed by atoms with Crippen LogP contribution in [0.15, 0.2) is 46.9 Å². The molecule has 0 atom stereocenters. The summed E-state index contributed by atoms with van der Waals surface area (Å²) in [5.41, 5.74) is 3.92. The second kappa shape index (κ2) is 4.14. The third kappa shape index (κ3) is 1.95. The maximum atomic E-state index is 5.81. The minimum Gasteiger partial charge on any atom is -0.436 e. The van der Waals surface area contributed by atoms with Crippen molar-refractivity contribution in [2.45, 2.75) is 6.92 Å². The molecule has 0 N–H and O–H groups in total. The molecule has 1 heterocycles. The van der Waals surface area contributed by atoms with Gasteiger partial charge >= 0.3 is 0 Å². The summed E-state index contributed by atoms with van der Waals surface area (Å²) in [5.74, 6) is 0.686. The maximum Gasteiger partial charge on any atom is 0.227 e. The van der Waals surface area contributed by atoms with Gasteiger partial charge in [0.05, 0.1) is 0 Å². The average molecular weight is 335 g/mol. The lowest BCUT2D eigenvalue weighted by molar-refractivity contribution is 0.617. The number of rotatable bonds is 1. The summed E-state index contributed by atoms with van der Waals surface area (Å²) in [5, 5.41) is 0. The van der Waals surface area contributed by atoms with Crippen LogP contribution in [0.4, 0.5) is 0 Å². The number of benzene rings is 2. The van der Waals surface area contributed by atoms with Crippen LogP contribution >= 0.6 is 22.6 Å². The van der Waals surface area contributed by atoms with Crippen molar-refractivity contribution in [3.05, 3.63) is 51.6 Å². The topological polar surface area (TPSA) is 26.0 Å². The summed E-state index contributed by atoms with van der Waals surface area (Å²) >= 11 is 2.28. The SMILES string of the molecule is Cc1cccc2nc(-c3ccc(I)cc3)oc12. The zero-order chi connectivity index (χ0) is 11.8. The van der Waals surface area contributed by atoms with Crippen molar-refractivity contribution in [3.8, 4) is 11.5 Å². The van der Waals surface area contributed by atoms with E-state index in [9.17, 15) is 0 Å². The first-order valence-electron chi connectivity index (χ1n) is 5.36. The molecular weight excluding hydrogens is 325 g/mol. The molecule has 3 heteroatoms. The zero-order valence-electron chi connectivity index (χ0n) is 9.27. The van der Waals surface area contributed by atoms with Crippen molar-refractivity contribution in [2.24, 2.45) is 0 Å². The monoisotopic (exact) mass is 335 g/mol. The molecule has 0 unspecified atom stereocenters. The van der Waals surface area contributed by atoms with Crippen molar-refractivity contribution in [3.63, 3.8) is 0 Å². The molecule has 0 fully saturated rings. The fourth-order valence-electron chi connectivity index (χ4n) is 1.80. The molecule has 0 bridgehead atoms. The number of para-hydroxylation sites is 1. The van der Waals surface area contributed by atoms with Crippen LogP contribution in [-0.4, -0.2) is 4.98 Å². The molecule has 0 aliphatic heterocycles. The molecule has 0 radical (unpaired) electrons. The number of hydrogen-bond acceptors (Lipinski definition) is 2. The molecule has 17 heavy (non-hydrogen) atoms. The molecule has 0 saturated heterocycles. The number of fused-ring (bicyclic) bond motifs is 1. The highest BCUT2D eigenvalue weighted by Gasteiger charge is 2.09. The first-order valence-corrected chi connectivity index (χ1v) is 6.44. The van der Waals surface area contributed by atoms with E-state index >= 15 is 0 Å². The lowest BCUT2D eigenvalue weighted by Crippen LogP contribution is -1.77. The van der Waals surface area contributed by atoms with Crippen molar-refractivity contribution < 1.29 is 4.42 Å². The lowest BCUT2D eigenvalue weighted by Gasteiger charge is -1.94. The van der Waals surface area contributed by atoms with Crippen molar-refractivity contribution in [1.29, 1.82) is 0 Å². The first-order chi connectivity index (χ1) is 8.24. The lowest BCUT2D eigenvalue weighted by atomic mass is 10.2. The van der Waals surface area contributed by atoms with E-state index in [0.29, 0.717) is 5.89 Å². The molecule has 0 amide bonds. The predicted octanol–water partition coefficient (Wildman–Crippen LogP) is 4.41. The summed E-state index contributed by atoms with van der Waals surface area (Å²) in [6.07, 6.45) is 0. The van der Waals surface area contributed by atoms with Crippen LogP contribution in [0, 0.1) is 10.5 Å². The fourth-order valence-corrected chi connectivity index (χ4v) is 2.16. The molecule has 2 aromatic carbocycles. The zero-order valence-corrected chi connectivity index (χ0v) is 11.4. The number of halogens is 1. The number of oxazole rings is 1. The third-order valence-corrected chi connectivity index (χ3v) is 3.42. The Kier molecular flexibility index (Phi) is 2.63. The highest BCUT2D eigenvalue weighted by atomic mass is 127. The van der Waals surface area contributed by atoms with Gasteiger partial charge in [0, 0.05) is 9.13 Å². The fraction of sp³-hybridized carbons (Fsp3) is 0.0714. The Labute approximate surface area is 113 Å². The smallest absolute Gasteiger partial charge is 0.227 e. The van der Waals surface area contributed by atoms with Gasteiger partial charge in [-0.15, -0.1) is 0 Å². The van der Waals surface area contributed by atoms with Crippen LogP contribution in [0.25, 0.3) is 22.6 Å². The molecule has 0 saturated carbocycles. The Morgan fingerprint density at radius 2 is 1.82 bits per heavy atom. The van der Waals surface area contributed by atoms with Crippen LogP contribution in [0.3, 0.4) is 0 Å². The van der Waals surface area contributed by atoms with Gasteiger partial charge < -0.3 is 4.42 Å². The maximum absolute atomic E-state index is 5.81. The first kappa shape index (κ1) is 10.8. The molecule has 0 aliphatic carbocycles. The summed E-state index contributed by atoms with van der Waals surface area (Å²) in [6.45, 7) is 2.03. The largest absolute Gasteiger partial charge is 0.436 e. The van der Waals surface area contributed by atoms with E-state index in [-0.39, 0.29) is 0 Å². The Morgan fingerprint density at radius 1 is 1.06 bits per heavy atom. The normalized spacial score (nSPS) is 10.9. The Bertz CT molecular complexity index is 670. The van der Waals surface area contributed by atoms with Gasteiger partial charge in [0.1, 0.15) is 5.52 Å². The molecule has 0 spiro atoms. The van der Waals surface area contributed by atoms with E-state index in [2.05, 4.69) is 39.7 Å². The quantitative estimate of drug-likeness (QED) is 0.616. The molecule has 3 rings (SSSR count). The molecule has 0 aliphatic rings. The second-order valence-corrected chi connectivity index (χ2v) is 5.19. The number of hydrogen-bond donors (Lipinski definition) is 0. The Morgan fingerprint density at radius 3 is 2.53 bits per heavy atom. The standard InChI is InChI=1S/C14H10INO/c1-9-3-2-4-12-13(9)17-14(16-12)10-5-7-11(15)8-6-10/h2-8H,1H3. The minimum atomic E-state index is 0.686. The highest BCUT2D eigenvalue weighted by molar-refractivity contribution is 14.1. The Hall–Kier alpha value is -1.36. The van der Waals surface area contributed by atoms with Gasteiger partial charge in [-0.3, -0.25) is 0 Å². The van der Waals surface area contributed by atoms with Crippen LogP contribution in [-0.2, 0) is 0 Å². The minimum absolute atomic E-state index is 0.686. The molecular formula is C14H10INO. The summed E-state index contributed by atoms with van der Waals surface area (Å²) in [4.78, 5) is 4.50. The second-order valence-electron chi connectivity index (χ2n) is 3.95. The summed E-state index contributed by atoms with van der Waals surface area (Å²) in [7, 11) is 0. The molecule has 84 valence electrons. The van der Waals surface area contributed by atoms with Gasteiger partial charge in [-0.05, 0) is 65.4 Å². The average Bonchev–Trinajstić information content (AvgIpc) is 2.75.